The number of carboxylic acid groups (broad SMARTS) is 1. The molecular formula is C19H22N2O6. The van der Waals surface area contributed by atoms with Crippen molar-refractivity contribution in [2.75, 3.05) is 13.1 Å². The number of carbonyl (C=O) groups is 2. The molecule has 8 heteroatoms. The minimum Gasteiger partial charge on any atom is -0.488 e. The summed E-state index contributed by atoms with van der Waals surface area (Å²) >= 11 is 0. The molecule has 1 amide bonds. The Kier molecular flexibility index (Phi) is 5.46. The fraction of sp³-hybridized carbons (Fsp3) is 0.421. The molecule has 1 aliphatic heterocycles. The predicted octanol–water partition coefficient (Wildman–Crippen LogP) is 2.18. The Morgan fingerprint density at radius 2 is 2.04 bits per heavy atom. The van der Waals surface area contributed by atoms with Gasteiger partial charge in [-0.3, -0.25) is 4.79 Å². The molecule has 1 fully saturated rings. The van der Waals surface area contributed by atoms with Crippen LogP contribution in [0.4, 0.5) is 0 Å². The van der Waals surface area contributed by atoms with Crippen molar-refractivity contribution < 1.29 is 28.7 Å². The molecule has 1 saturated heterocycles. The number of para-hydroxylation sites is 1. The molecule has 0 aliphatic carbocycles. The van der Waals surface area contributed by atoms with Gasteiger partial charge in [0.15, 0.2) is 6.10 Å². The zero-order chi connectivity index (χ0) is 19.6. The topological polar surface area (TPSA) is 102 Å². The van der Waals surface area contributed by atoms with Crippen molar-refractivity contribution in [2.24, 2.45) is 0 Å². The lowest BCUT2D eigenvalue weighted by molar-refractivity contribution is -0.160. The van der Waals surface area contributed by atoms with Crippen LogP contribution in [0.2, 0.25) is 0 Å². The van der Waals surface area contributed by atoms with Crippen LogP contribution < -0.4 is 4.74 Å². The molecule has 1 N–H and O–H groups in total. The molecule has 1 aromatic carbocycles. The number of carbonyl (C=O) groups excluding carboxylic acids is 1. The van der Waals surface area contributed by atoms with Crippen LogP contribution in [0.1, 0.15) is 34.3 Å². The van der Waals surface area contributed by atoms with Gasteiger partial charge in [0.05, 0.1) is 29.5 Å². The van der Waals surface area contributed by atoms with E-state index in [0.717, 1.165) is 11.3 Å². The Morgan fingerprint density at radius 3 is 2.70 bits per heavy atom. The van der Waals surface area contributed by atoms with Gasteiger partial charge in [0.2, 0.25) is 0 Å². The van der Waals surface area contributed by atoms with Gasteiger partial charge in [-0.25, -0.2) is 4.79 Å². The third-order valence-corrected chi connectivity index (χ3v) is 4.49. The molecule has 27 heavy (non-hydrogen) atoms. The van der Waals surface area contributed by atoms with Crippen LogP contribution in [0, 0.1) is 13.8 Å². The van der Waals surface area contributed by atoms with Gasteiger partial charge < -0.3 is 24.0 Å². The number of rotatable bonds is 5. The van der Waals surface area contributed by atoms with Gasteiger partial charge in [0.25, 0.3) is 5.91 Å². The number of hydrogen-bond donors (Lipinski definition) is 1. The molecule has 1 aromatic heterocycles. The second kappa shape index (κ2) is 7.79. The van der Waals surface area contributed by atoms with Crippen molar-refractivity contribution in [3.63, 3.8) is 0 Å². The monoisotopic (exact) mass is 374 g/mol. The van der Waals surface area contributed by atoms with Crippen LogP contribution in [0.5, 0.6) is 5.75 Å². The first-order chi connectivity index (χ1) is 12.9. The molecular weight excluding hydrogens is 352 g/mol. The minimum atomic E-state index is -1.08. The Hall–Kier alpha value is -2.87. The van der Waals surface area contributed by atoms with Crippen LogP contribution in [0.25, 0.3) is 0 Å². The molecule has 8 nitrogen and oxygen atoms in total. The molecule has 3 rings (SSSR count). The molecule has 0 bridgehead atoms. The summed E-state index contributed by atoms with van der Waals surface area (Å²) in [5, 5.41) is 13.1. The van der Waals surface area contributed by atoms with E-state index in [1.807, 2.05) is 6.92 Å². The Balaban J connectivity index is 1.78. The lowest BCUT2D eigenvalue weighted by Gasteiger charge is -2.35. The molecule has 0 radical (unpaired) electrons. The number of aromatic nitrogens is 1. The highest BCUT2D eigenvalue weighted by Gasteiger charge is 2.33. The second-order valence-corrected chi connectivity index (χ2v) is 6.57. The molecule has 0 spiro atoms. The third kappa shape index (κ3) is 4.11. The molecule has 2 heterocycles. The minimum absolute atomic E-state index is 0.00327. The molecule has 1 unspecified atom stereocenters. The number of amides is 1. The maximum absolute atomic E-state index is 13.0. The number of aryl methyl sites for hydroxylation is 2. The van der Waals surface area contributed by atoms with Crippen LogP contribution in [0.15, 0.2) is 28.8 Å². The molecule has 0 saturated carbocycles. The van der Waals surface area contributed by atoms with Gasteiger partial charge in [-0.2, -0.15) is 0 Å². The van der Waals surface area contributed by atoms with Gasteiger partial charge in [0.1, 0.15) is 18.1 Å². The fourth-order valence-electron chi connectivity index (χ4n) is 3.05. The summed E-state index contributed by atoms with van der Waals surface area (Å²) in [7, 11) is 0. The first-order valence-corrected chi connectivity index (χ1v) is 8.68. The summed E-state index contributed by atoms with van der Waals surface area (Å²) in [5.41, 5.74) is 1.95. The fourth-order valence-corrected chi connectivity index (χ4v) is 3.05. The number of aliphatic carboxylic acids is 1. The van der Waals surface area contributed by atoms with Crippen LogP contribution in [-0.4, -0.2) is 52.3 Å². The number of carboxylic acids is 1. The Bertz CT molecular complexity index is 827. The maximum Gasteiger partial charge on any atom is 0.334 e. The van der Waals surface area contributed by atoms with Gasteiger partial charge in [-0.15, -0.1) is 0 Å². The first-order valence-electron chi connectivity index (χ1n) is 8.68. The summed E-state index contributed by atoms with van der Waals surface area (Å²) in [6, 6.07) is 6.90. The van der Waals surface area contributed by atoms with Crippen molar-refractivity contribution in [3.05, 3.63) is 46.8 Å². The first kappa shape index (κ1) is 18.9. The van der Waals surface area contributed by atoms with Crippen molar-refractivity contribution in [1.82, 2.24) is 10.1 Å². The van der Waals surface area contributed by atoms with E-state index >= 15 is 0 Å². The SMILES string of the molecule is Cc1noc(C)c1COc1ccccc1C(=O)N1CC(C(=O)O)O[C@H](C)C1. The largest absolute Gasteiger partial charge is 0.488 e. The summed E-state index contributed by atoms with van der Waals surface area (Å²) < 4.78 is 16.4. The molecule has 144 valence electrons. The lowest BCUT2D eigenvalue weighted by Crippen LogP contribution is -2.51. The van der Waals surface area contributed by atoms with Gasteiger partial charge in [0, 0.05) is 6.54 Å². The normalized spacial score (nSPS) is 19.7. The zero-order valence-corrected chi connectivity index (χ0v) is 15.5. The van der Waals surface area contributed by atoms with E-state index in [4.69, 9.17) is 14.0 Å². The van der Waals surface area contributed by atoms with Crippen molar-refractivity contribution in [2.45, 2.75) is 39.6 Å². The number of benzene rings is 1. The van der Waals surface area contributed by atoms with E-state index in [9.17, 15) is 14.7 Å². The number of ether oxygens (including phenoxy) is 2. The Labute approximate surface area is 156 Å². The van der Waals surface area contributed by atoms with Gasteiger partial charge in [-0.05, 0) is 32.9 Å². The average molecular weight is 374 g/mol. The molecule has 2 aromatic rings. The van der Waals surface area contributed by atoms with E-state index < -0.39 is 12.1 Å². The highest BCUT2D eigenvalue weighted by atomic mass is 16.5. The van der Waals surface area contributed by atoms with E-state index in [0.29, 0.717) is 23.6 Å². The van der Waals surface area contributed by atoms with Crippen LogP contribution >= 0.6 is 0 Å². The average Bonchev–Trinajstić information content (AvgIpc) is 2.97. The van der Waals surface area contributed by atoms with Crippen molar-refractivity contribution in [1.29, 1.82) is 0 Å². The van der Waals surface area contributed by atoms with Gasteiger partial charge in [-0.1, -0.05) is 17.3 Å². The van der Waals surface area contributed by atoms with Crippen LogP contribution in [0.3, 0.4) is 0 Å². The summed E-state index contributed by atoms with van der Waals surface area (Å²) in [4.78, 5) is 25.8. The van der Waals surface area contributed by atoms with Crippen molar-refractivity contribution >= 4 is 11.9 Å². The summed E-state index contributed by atoms with van der Waals surface area (Å²) in [5.74, 6) is -0.274. The highest BCUT2D eigenvalue weighted by Crippen LogP contribution is 2.24. The second-order valence-electron chi connectivity index (χ2n) is 6.57. The van der Waals surface area contributed by atoms with Crippen molar-refractivity contribution in [3.8, 4) is 5.75 Å². The predicted molar refractivity (Wildman–Crippen MR) is 94.6 cm³/mol. The Morgan fingerprint density at radius 1 is 1.30 bits per heavy atom. The maximum atomic E-state index is 13.0. The van der Waals surface area contributed by atoms with E-state index in [2.05, 4.69) is 5.16 Å². The number of morpholine rings is 1. The lowest BCUT2D eigenvalue weighted by atomic mass is 10.1. The molecule has 1 aliphatic rings. The third-order valence-electron chi connectivity index (χ3n) is 4.49. The van der Waals surface area contributed by atoms with Crippen LogP contribution in [-0.2, 0) is 16.1 Å². The summed E-state index contributed by atoms with van der Waals surface area (Å²) in [6.07, 6.45) is -1.40. The summed E-state index contributed by atoms with van der Waals surface area (Å²) in [6.45, 7) is 5.92. The van der Waals surface area contributed by atoms with E-state index in [-0.39, 0.29) is 25.2 Å². The number of hydrogen-bond acceptors (Lipinski definition) is 6. The van der Waals surface area contributed by atoms with E-state index in [1.54, 1.807) is 38.1 Å². The van der Waals surface area contributed by atoms with E-state index in [1.165, 1.54) is 4.90 Å². The zero-order valence-electron chi connectivity index (χ0n) is 15.5. The van der Waals surface area contributed by atoms with Gasteiger partial charge >= 0.3 is 5.97 Å². The quantitative estimate of drug-likeness (QED) is 0.856. The number of nitrogens with zero attached hydrogens (tertiary/aromatic N) is 2. The highest BCUT2D eigenvalue weighted by molar-refractivity contribution is 5.97. The smallest absolute Gasteiger partial charge is 0.334 e. The molecule has 2 atom stereocenters. The standard InChI is InChI=1S/C19H22N2O6/c1-11-8-21(9-17(26-11)19(23)24)18(22)14-6-4-5-7-16(14)25-10-15-12(2)20-27-13(15)3/h4-7,11,17H,8-10H2,1-3H3,(H,23,24)/t11-,17?/m1/s1.